The number of benzene rings is 1. The fourth-order valence-electron chi connectivity index (χ4n) is 4.75. The maximum atomic E-state index is 13.5. The molecule has 0 N–H and O–H groups in total. The average Bonchev–Trinajstić information content (AvgIpc) is 3.28. The molecule has 3 unspecified atom stereocenters. The quantitative estimate of drug-likeness (QED) is 0.816. The van der Waals surface area contributed by atoms with Crippen molar-refractivity contribution in [3.8, 4) is 11.3 Å². The van der Waals surface area contributed by atoms with Gasteiger partial charge in [0.05, 0.1) is 23.3 Å². The summed E-state index contributed by atoms with van der Waals surface area (Å²) < 4.78 is 17.5. The van der Waals surface area contributed by atoms with Crippen molar-refractivity contribution in [1.29, 1.82) is 0 Å². The molecule has 0 spiro atoms. The molecule has 1 saturated heterocycles. The van der Waals surface area contributed by atoms with Gasteiger partial charge in [0.1, 0.15) is 11.5 Å². The summed E-state index contributed by atoms with van der Waals surface area (Å²) in [6.07, 6.45) is 3.75. The van der Waals surface area contributed by atoms with Crippen LogP contribution in [0.15, 0.2) is 40.8 Å². The Kier molecular flexibility index (Phi) is 4.82. The molecule has 1 aromatic heterocycles. The second kappa shape index (κ2) is 7.13. The second-order valence-corrected chi connectivity index (χ2v) is 7.63. The van der Waals surface area contributed by atoms with Gasteiger partial charge < -0.3 is 18.8 Å². The number of hydrogen-bond donors (Lipinski definition) is 0. The number of carbonyl (C=O) groups excluding carboxylic acids is 1. The first-order valence-corrected chi connectivity index (χ1v) is 9.63. The van der Waals surface area contributed by atoms with Gasteiger partial charge in [0.25, 0.3) is 5.91 Å². The molecule has 2 heterocycles. The van der Waals surface area contributed by atoms with Gasteiger partial charge in [0, 0.05) is 26.3 Å². The highest BCUT2D eigenvalue weighted by atomic mass is 16.5. The molecule has 3 atom stereocenters. The number of methoxy groups -OCH3 is 2. The summed E-state index contributed by atoms with van der Waals surface area (Å²) in [4.78, 5) is 15.5. The largest absolute Gasteiger partial charge is 0.461 e. The summed E-state index contributed by atoms with van der Waals surface area (Å²) in [5.74, 6) is 1.41. The van der Waals surface area contributed by atoms with Crippen LogP contribution in [0.3, 0.4) is 0 Å². The zero-order valence-corrected chi connectivity index (χ0v) is 16.2. The Morgan fingerprint density at radius 2 is 2.00 bits per heavy atom. The number of ether oxygens (including phenoxy) is 2. The predicted octanol–water partition coefficient (Wildman–Crippen LogP) is 4.05. The van der Waals surface area contributed by atoms with Crippen molar-refractivity contribution in [2.45, 2.75) is 50.4 Å². The first kappa shape index (κ1) is 18.3. The SMILES string of the molecule is COC1CCC2(OC)CCN(C(=O)c3cc(C)oc3-c3ccccc3)C2C1. The van der Waals surface area contributed by atoms with Crippen molar-refractivity contribution in [2.75, 3.05) is 20.8 Å². The summed E-state index contributed by atoms with van der Waals surface area (Å²) in [6.45, 7) is 2.58. The number of hydrogen-bond acceptors (Lipinski definition) is 4. The third-order valence-corrected chi connectivity index (χ3v) is 6.26. The number of amides is 1. The normalized spacial score (nSPS) is 27.6. The van der Waals surface area contributed by atoms with Gasteiger partial charge in [-0.15, -0.1) is 0 Å². The Balaban J connectivity index is 1.67. The lowest BCUT2D eigenvalue weighted by molar-refractivity contribution is -0.0893. The molecule has 1 aromatic carbocycles. The van der Waals surface area contributed by atoms with Gasteiger partial charge in [-0.05, 0) is 38.7 Å². The molecule has 4 rings (SSSR count). The molecule has 5 nitrogen and oxygen atoms in total. The predicted molar refractivity (Wildman–Crippen MR) is 103 cm³/mol. The Labute approximate surface area is 160 Å². The van der Waals surface area contributed by atoms with Crippen molar-refractivity contribution in [1.82, 2.24) is 4.90 Å². The fraction of sp³-hybridized carbons (Fsp3) is 0.500. The van der Waals surface area contributed by atoms with E-state index in [4.69, 9.17) is 13.9 Å². The van der Waals surface area contributed by atoms with Gasteiger partial charge in [-0.3, -0.25) is 4.79 Å². The number of likely N-dealkylation sites (tertiary alicyclic amines) is 1. The smallest absolute Gasteiger partial charge is 0.258 e. The maximum Gasteiger partial charge on any atom is 0.258 e. The topological polar surface area (TPSA) is 51.9 Å². The van der Waals surface area contributed by atoms with E-state index in [1.54, 1.807) is 14.2 Å². The molecule has 1 saturated carbocycles. The molecule has 2 fully saturated rings. The molecule has 1 amide bonds. The first-order valence-electron chi connectivity index (χ1n) is 9.63. The Morgan fingerprint density at radius 3 is 2.70 bits per heavy atom. The fourth-order valence-corrected chi connectivity index (χ4v) is 4.75. The zero-order chi connectivity index (χ0) is 19.0. The Hall–Kier alpha value is -2.11. The summed E-state index contributed by atoms with van der Waals surface area (Å²) in [7, 11) is 3.52. The Bertz CT molecular complexity index is 815. The van der Waals surface area contributed by atoms with Crippen molar-refractivity contribution in [2.24, 2.45) is 0 Å². The summed E-state index contributed by atoms with van der Waals surface area (Å²) in [5, 5.41) is 0. The highest BCUT2D eigenvalue weighted by molar-refractivity contribution is 6.00. The minimum atomic E-state index is -0.254. The number of furan rings is 1. The number of aryl methyl sites for hydroxylation is 1. The molecule has 27 heavy (non-hydrogen) atoms. The van der Waals surface area contributed by atoms with Gasteiger partial charge in [0.15, 0.2) is 0 Å². The van der Waals surface area contributed by atoms with Crippen LogP contribution in [0, 0.1) is 6.92 Å². The minimum absolute atomic E-state index is 0.0198. The zero-order valence-electron chi connectivity index (χ0n) is 16.2. The van der Waals surface area contributed by atoms with Crippen LogP contribution in [0.5, 0.6) is 0 Å². The average molecular weight is 369 g/mol. The molecule has 2 aliphatic rings. The van der Waals surface area contributed by atoms with Gasteiger partial charge in [-0.1, -0.05) is 30.3 Å². The molecule has 1 aliphatic carbocycles. The number of carbonyl (C=O) groups is 1. The van der Waals surface area contributed by atoms with Gasteiger partial charge in [-0.2, -0.15) is 0 Å². The van der Waals surface area contributed by atoms with E-state index in [9.17, 15) is 4.79 Å². The number of nitrogens with zero attached hydrogens (tertiary/aromatic N) is 1. The standard InChI is InChI=1S/C22H27NO4/c1-15-13-18(20(27-15)16-7-5-4-6-8-16)21(24)23-12-11-22(26-3)10-9-17(25-2)14-19(22)23/h4-8,13,17,19H,9-12,14H2,1-3H3. The lowest BCUT2D eigenvalue weighted by Crippen LogP contribution is -2.53. The molecular formula is C22H27NO4. The molecule has 0 bridgehead atoms. The summed E-state index contributed by atoms with van der Waals surface area (Å²) >= 11 is 0. The van der Waals surface area contributed by atoms with E-state index >= 15 is 0 Å². The lowest BCUT2D eigenvalue weighted by Gasteiger charge is -2.43. The van der Waals surface area contributed by atoms with Crippen LogP contribution < -0.4 is 0 Å². The van der Waals surface area contributed by atoms with E-state index in [1.807, 2.05) is 48.2 Å². The van der Waals surface area contributed by atoms with Crippen molar-refractivity contribution < 1.29 is 18.7 Å². The summed E-state index contributed by atoms with van der Waals surface area (Å²) in [5.41, 5.74) is 1.30. The van der Waals surface area contributed by atoms with E-state index in [2.05, 4.69) is 0 Å². The van der Waals surface area contributed by atoms with Crippen molar-refractivity contribution >= 4 is 5.91 Å². The van der Waals surface area contributed by atoms with Gasteiger partial charge in [-0.25, -0.2) is 0 Å². The lowest BCUT2D eigenvalue weighted by atomic mass is 9.79. The molecule has 144 valence electrons. The third-order valence-electron chi connectivity index (χ3n) is 6.26. The van der Waals surface area contributed by atoms with Crippen LogP contribution in [-0.2, 0) is 9.47 Å². The monoisotopic (exact) mass is 369 g/mol. The first-order chi connectivity index (χ1) is 13.1. The molecule has 0 radical (unpaired) electrons. The Morgan fingerprint density at radius 1 is 1.22 bits per heavy atom. The van der Waals surface area contributed by atoms with Crippen LogP contribution in [0.4, 0.5) is 0 Å². The molecular weight excluding hydrogens is 342 g/mol. The molecule has 2 aromatic rings. The minimum Gasteiger partial charge on any atom is -0.461 e. The van der Waals surface area contributed by atoms with Crippen LogP contribution in [0.1, 0.15) is 41.8 Å². The van der Waals surface area contributed by atoms with E-state index in [1.165, 1.54) is 0 Å². The molecule has 1 aliphatic heterocycles. The summed E-state index contributed by atoms with van der Waals surface area (Å²) in [6, 6.07) is 11.7. The van der Waals surface area contributed by atoms with E-state index < -0.39 is 0 Å². The van der Waals surface area contributed by atoms with E-state index in [-0.39, 0.29) is 23.7 Å². The number of fused-ring (bicyclic) bond motifs is 1. The maximum absolute atomic E-state index is 13.5. The highest BCUT2D eigenvalue weighted by Crippen LogP contribution is 2.44. The van der Waals surface area contributed by atoms with Crippen LogP contribution in [-0.4, -0.2) is 49.3 Å². The van der Waals surface area contributed by atoms with Crippen LogP contribution in [0.2, 0.25) is 0 Å². The van der Waals surface area contributed by atoms with Crippen molar-refractivity contribution in [3.63, 3.8) is 0 Å². The van der Waals surface area contributed by atoms with Crippen molar-refractivity contribution in [3.05, 3.63) is 47.7 Å². The van der Waals surface area contributed by atoms with E-state index in [0.717, 1.165) is 37.0 Å². The second-order valence-electron chi connectivity index (χ2n) is 7.63. The van der Waals surface area contributed by atoms with E-state index in [0.29, 0.717) is 17.9 Å². The highest BCUT2D eigenvalue weighted by Gasteiger charge is 2.53. The van der Waals surface area contributed by atoms with Crippen LogP contribution in [0.25, 0.3) is 11.3 Å². The number of rotatable bonds is 4. The third kappa shape index (κ3) is 3.09. The molecule has 5 heteroatoms. The van der Waals surface area contributed by atoms with Crippen LogP contribution >= 0.6 is 0 Å². The van der Waals surface area contributed by atoms with Gasteiger partial charge >= 0.3 is 0 Å². The van der Waals surface area contributed by atoms with Gasteiger partial charge in [0.2, 0.25) is 0 Å².